The summed E-state index contributed by atoms with van der Waals surface area (Å²) < 4.78 is 0. The van der Waals surface area contributed by atoms with Crippen molar-refractivity contribution in [2.24, 2.45) is 11.5 Å². The highest BCUT2D eigenvalue weighted by Gasteiger charge is 2.12. The molecule has 0 saturated carbocycles. The number of hydrogen-bond donors (Lipinski definition) is 6. The average molecular weight is 473 g/mol. The van der Waals surface area contributed by atoms with Crippen molar-refractivity contribution in [2.45, 2.75) is 96.4 Å². The van der Waals surface area contributed by atoms with Crippen LogP contribution in [0.3, 0.4) is 0 Å². The van der Waals surface area contributed by atoms with Crippen LogP contribution in [0.15, 0.2) is 0 Å². The van der Waals surface area contributed by atoms with Gasteiger partial charge in [-0.3, -0.25) is 9.59 Å². The van der Waals surface area contributed by atoms with Crippen LogP contribution in [0.5, 0.6) is 0 Å². The first kappa shape index (κ1) is 31.7. The lowest BCUT2D eigenvalue weighted by molar-refractivity contribution is -0.848. The van der Waals surface area contributed by atoms with Crippen LogP contribution in [0.2, 0.25) is 0 Å². The number of nitrogens with one attached hydrogen (secondary N) is 4. The van der Waals surface area contributed by atoms with Gasteiger partial charge in [-0.25, -0.2) is 0 Å². The molecule has 0 fully saturated rings. The van der Waals surface area contributed by atoms with Crippen LogP contribution in [-0.2, 0) is 9.59 Å². The number of quaternary nitrogens is 1. The Labute approximate surface area is 201 Å². The molecular weight excluding hydrogens is 420 g/mol. The smallest absolute Gasteiger partial charge is 0.236 e. The minimum Gasteiger partial charge on any atom is -0.634 e. The van der Waals surface area contributed by atoms with Gasteiger partial charge in [0.05, 0.1) is 19.1 Å². The molecule has 196 valence electrons. The van der Waals surface area contributed by atoms with Gasteiger partial charge in [-0.05, 0) is 64.6 Å². The van der Waals surface area contributed by atoms with Gasteiger partial charge in [-0.15, -0.1) is 0 Å². The third-order valence-electron chi connectivity index (χ3n) is 5.66. The lowest BCUT2D eigenvalue weighted by Gasteiger charge is -2.22. The SMILES string of the molecule is CCCCCCCC(=O)NCCCC[C@H](N)C(=O)NCCC[NH+]([O-])CCCCNCCCN. The van der Waals surface area contributed by atoms with Crippen LogP contribution < -0.4 is 32.5 Å². The minimum atomic E-state index is -0.540. The molecule has 0 aromatic rings. The Bertz CT molecular complexity index is 467. The Hall–Kier alpha value is -1.26. The molecule has 0 spiro atoms. The van der Waals surface area contributed by atoms with Gasteiger partial charge in [0.1, 0.15) is 0 Å². The highest BCUT2D eigenvalue weighted by atomic mass is 16.5. The van der Waals surface area contributed by atoms with Crippen molar-refractivity contribution in [3.63, 3.8) is 0 Å². The molecule has 0 aliphatic heterocycles. The van der Waals surface area contributed by atoms with Gasteiger partial charge in [-0.2, -0.15) is 0 Å². The van der Waals surface area contributed by atoms with Crippen LogP contribution in [-0.4, -0.2) is 63.7 Å². The lowest BCUT2D eigenvalue weighted by Crippen LogP contribution is -3.07. The van der Waals surface area contributed by atoms with Crippen molar-refractivity contribution < 1.29 is 14.7 Å². The summed E-state index contributed by atoms with van der Waals surface area (Å²) in [6.07, 6.45) is 12.0. The van der Waals surface area contributed by atoms with E-state index in [-0.39, 0.29) is 16.9 Å². The zero-order valence-electron chi connectivity index (χ0n) is 21.1. The van der Waals surface area contributed by atoms with Gasteiger partial charge in [-0.1, -0.05) is 32.6 Å². The summed E-state index contributed by atoms with van der Waals surface area (Å²) in [6, 6.07) is -0.540. The van der Waals surface area contributed by atoms with Gasteiger partial charge < -0.3 is 37.7 Å². The summed E-state index contributed by atoms with van der Waals surface area (Å²) in [4.78, 5) is 23.8. The maximum atomic E-state index is 12.1. The first-order chi connectivity index (χ1) is 16.0. The fourth-order valence-corrected chi connectivity index (χ4v) is 3.50. The van der Waals surface area contributed by atoms with Crippen molar-refractivity contribution in [1.29, 1.82) is 0 Å². The molecule has 0 aromatic carbocycles. The van der Waals surface area contributed by atoms with Gasteiger partial charge in [0, 0.05) is 25.9 Å². The second kappa shape index (κ2) is 23.9. The van der Waals surface area contributed by atoms with Crippen LogP contribution in [0.25, 0.3) is 0 Å². The standard InChI is InChI=1S/C24H52N6O3/c1-2-3-4-5-6-14-23(31)28-18-8-7-13-22(26)24(32)29-19-12-21-30(33)20-10-9-16-27-17-11-15-25/h22,27,30H,2-21,25-26H2,1H3,(H,28,31)(H,29,32)/t22-/m0/s1. The molecule has 2 atom stereocenters. The summed E-state index contributed by atoms with van der Waals surface area (Å²) in [5, 5.41) is 21.2. The molecule has 9 heteroatoms. The molecular formula is C24H52N6O3. The Morgan fingerprint density at radius 3 is 2.24 bits per heavy atom. The monoisotopic (exact) mass is 472 g/mol. The summed E-state index contributed by atoms with van der Waals surface area (Å²) in [6.45, 7) is 6.94. The largest absolute Gasteiger partial charge is 0.634 e. The molecule has 0 aromatic heterocycles. The Kier molecular flexibility index (Phi) is 23.0. The normalized spacial score (nSPS) is 13.0. The maximum absolute atomic E-state index is 12.1. The first-order valence-corrected chi connectivity index (χ1v) is 13.2. The summed E-state index contributed by atoms with van der Waals surface area (Å²) >= 11 is 0. The second-order valence-corrected chi connectivity index (χ2v) is 8.90. The van der Waals surface area contributed by atoms with E-state index in [0.717, 1.165) is 58.0 Å². The maximum Gasteiger partial charge on any atom is 0.236 e. The molecule has 0 bridgehead atoms. The number of carbonyl (C=O) groups excluding carboxylic acids is 2. The molecule has 1 unspecified atom stereocenters. The van der Waals surface area contributed by atoms with E-state index in [1.54, 1.807) is 0 Å². The average Bonchev–Trinajstić information content (AvgIpc) is 2.80. The molecule has 0 heterocycles. The predicted octanol–water partition coefficient (Wildman–Crippen LogP) is 0.568. The van der Waals surface area contributed by atoms with Gasteiger partial charge in [0.25, 0.3) is 0 Å². The molecule has 8 N–H and O–H groups in total. The second-order valence-electron chi connectivity index (χ2n) is 8.90. The van der Waals surface area contributed by atoms with Crippen LogP contribution in [0, 0.1) is 5.21 Å². The summed E-state index contributed by atoms with van der Waals surface area (Å²) in [7, 11) is 0. The van der Waals surface area contributed by atoms with E-state index < -0.39 is 6.04 Å². The number of nitrogens with two attached hydrogens (primary N) is 2. The Morgan fingerprint density at radius 1 is 0.818 bits per heavy atom. The van der Waals surface area contributed by atoms with Crippen molar-refractivity contribution in [3.8, 4) is 0 Å². The number of hydrogen-bond acceptors (Lipinski definition) is 6. The van der Waals surface area contributed by atoms with Crippen molar-refractivity contribution in [2.75, 3.05) is 45.8 Å². The van der Waals surface area contributed by atoms with Gasteiger partial charge in [0.2, 0.25) is 11.8 Å². The zero-order valence-corrected chi connectivity index (χ0v) is 21.1. The van der Waals surface area contributed by atoms with Crippen molar-refractivity contribution in [3.05, 3.63) is 5.21 Å². The predicted molar refractivity (Wildman–Crippen MR) is 136 cm³/mol. The number of unbranched alkanes of at least 4 members (excludes halogenated alkanes) is 6. The quantitative estimate of drug-likeness (QED) is 0.0893. The van der Waals surface area contributed by atoms with Crippen molar-refractivity contribution >= 4 is 11.8 Å². The van der Waals surface area contributed by atoms with Crippen molar-refractivity contribution in [1.82, 2.24) is 16.0 Å². The van der Waals surface area contributed by atoms with Crippen LogP contribution >= 0.6 is 0 Å². The molecule has 33 heavy (non-hydrogen) atoms. The van der Waals surface area contributed by atoms with E-state index in [4.69, 9.17) is 11.5 Å². The number of carbonyl (C=O) groups is 2. The summed E-state index contributed by atoms with van der Waals surface area (Å²) in [5.41, 5.74) is 11.4. The Morgan fingerprint density at radius 2 is 1.48 bits per heavy atom. The van der Waals surface area contributed by atoms with Gasteiger partial charge >= 0.3 is 0 Å². The van der Waals surface area contributed by atoms with E-state index in [9.17, 15) is 14.8 Å². The highest BCUT2D eigenvalue weighted by molar-refractivity contribution is 5.81. The topological polar surface area (TPSA) is 150 Å². The molecule has 0 saturated heterocycles. The molecule has 2 amide bonds. The minimum absolute atomic E-state index is 0.113. The number of hydroxylamine groups is 2. The van der Waals surface area contributed by atoms with E-state index >= 15 is 0 Å². The van der Waals surface area contributed by atoms with E-state index in [0.29, 0.717) is 52.0 Å². The molecule has 0 aliphatic rings. The molecule has 0 aliphatic carbocycles. The lowest BCUT2D eigenvalue weighted by atomic mass is 10.1. The zero-order chi connectivity index (χ0) is 24.6. The Balaban J connectivity index is 3.54. The third-order valence-corrected chi connectivity index (χ3v) is 5.66. The molecule has 0 rings (SSSR count). The fourth-order valence-electron chi connectivity index (χ4n) is 3.50. The van der Waals surface area contributed by atoms with Crippen LogP contribution in [0.4, 0.5) is 0 Å². The highest BCUT2D eigenvalue weighted by Crippen LogP contribution is 2.05. The van der Waals surface area contributed by atoms with E-state index in [1.807, 2.05) is 0 Å². The van der Waals surface area contributed by atoms with E-state index in [2.05, 4.69) is 22.9 Å². The summed E-state index contributed by atoms with van der Waals surface area (Å²) in [5.74, 6) is -0.0515. The number of rotatable bonds is 24. The number of amides is 2. The van der Waals surface area contributed by atoms with Gasteiger partial charge in [0.15, 0.2) is 0 Å². The first-order valence-electron chi connectivity index (χ1n) is 13.2. The molecule has 9 nitrogen and oxygen atoms in total. The van der Waals surface area contributed by atoms with Crippen LogP contribution in [0.1, 0.15) is 90.4 Å². The molecule has 0 radical (unpaired) electrons. The fraction of sp³-hybridized carbons (Fsp3) is 0.917. The van der Waals surface area contributed by atoms with E-state index in [1.165, 1.54) is 19.3 Å². The third kappa shape index (κ3) is 22.3.